The molecule has 2 rings (SSSR count). The van der Waals surface area contributed by atoms with Crippen molar-refractivity contribution in [2.45, 2.75) is 0 Å². The van der Waals surface area contributed by atoms with Crippen molar-refractivity contribution in [2.75, 3.05) is 19.0 Å². The Bertz CT molecular complexity index is 422. The summed E-state index contributed by atoms with van der Waals surface area (Å²) in [5, 5.41) is 8.14. The van der Waals surface area contributed by atoms with E-state index in [0.29, 0.717) is 5.95 Å². The molecule has 0 saturated heterocycles. The maximum absolute atomic E-state index is 4.21. The minimum atomic E-state index is 0.620. The molecule has 4 nitrogen and oxygen atoms in total. The average Bonchev–Trinajstić information content (AvgIpc) is 2.30. The van der Waals surface area contributed by atoms with E-state index < -0.39 is 0 Å². The maximum Gasteiger partial charge on any atom is 0.244 e. The van der Waals surface area contributed by atoms with Gasteiger partial charge in [0.1, 0.15) is 5.69 Å². The van der Waals surface area contributed by atoms with Gasteiger partial charge in [-0.05, 0) is 0 Å². The molecule has 15 heavy (non-hydrogen) atoms. The van der Waals surface area contributed by atoms with Crippen LogP contribution in [-0.2, 0) is 0 Å². The van der Waals surface area contributed by atoms with Crippen molar-refractivity contribution in [3.63, 3.8) is 0 Å². The molecule has 0 amide bonds. The second-order valence-electron chi connectivity index (χ2n) is 3.40. The van der Waals surface area contributed by atoms with Crippen LogP contribution in [0.25, 0.3) is 11.3 Å². The second kappa shape index (κ2) is 4.04. The van der Waals surface area contributed by atoms with Gasteiger partial charge in [0.05, 0.1) is 6.20 Å². The molecule has 0 aliphatic rings. The molecule has 2 aromatic rings. The highest BCUT2D eigenvalue weighted by molar-refractivity contribution is 5.57. The maximum atomic E-state index is 4.21. The zero-order chi connectivity index (χ0) is 10.7. The zero-order valence-corrected chi connectivity index (χ0v) is 8.75. The fraction of sp³-hybridized carbons (Fsp3) is 0.182. The molecule has 0 N–H and O–H groups in total. The van der Waals surface area contributed by atoms with Gasteiger partial charge in [-0.3, -0.25) is 0 Å². The molecule has 1 heterocycles. The van der Waals surface area contributed by atoms with E-state index >= 15 is 0 Å². The molecule has 0 atom stereocenters. The van der Waals surface area contributed by atoms with Crippen molar-refractivity contribution in [3.8, 4) is 11.3 Å². The van der Waals surface area contributed by atoms with Gasteiger partial charge in [0, 0.05) is 19.7 Å². The molecule has 1 aromatic carbocycles. The SMILES string of the molecule is CN(C)c1ncc(-c2ccccc2)nn1. The predicted octanol–water partition coefficient (Wildman–Crippen LogP) is 1.60. The first kappa shape index (κ1) is 9.58. The zero-order valence-electron chi connectivity index (χ0n) is 8.75. The molecular formula is C11H12N4. The third kappa shape index (κ3) is 2.10. The van der Waals surface area contributed by atoms with Crippen molar-refractivity contribution >= 4 is 5.95 Å². The van der Waals surface area contributed by atoms with Crippen LogP contribution in [0.1, 0.15) is 0 Å². The molecular weight excluding hydrogens is 188 g/mol. The quantitative estimate of drug-likeness (QED) is 0.738. The van der Waals surface area contributed by atoms with E-state index in [2.05, 4.69) is 15.2 Å². The van der Waals surface area contributed by atoms with Gasteiger partial charge in [-0.2, -0.15) is 0 Å². The Morgan fingerprint density at radius 1 is 1.00 bits per heavy atom. The van der Waals surface area contributed by atoms with E-state index in [-0.39, 0.29) is 0 Å². The first-order valence-electron chi connectivity index (χ1n) is 4.70. The second-order valence-corrected chi connectivity index (χ2v) is 3.40. The molecule has 0 aliphatic carbocycles. The number of anilines is 1. The molecule has 0 fully saturated rings. The largest absolute Gasteiger partial charge is 0.346 e. The molecule has 0 aliphatic heterocycles. The molecule has 0 bridgehead atoms. The fourth-order valence-electron chi connectivity index (χ4n) is 1.22. The Morgan fingerprint density at radius 3 is 2.27 bits per heavy atom. The Hall–Kier alpha value is -1.97. The van der Waals surface area contributed by atoms with Crippen LogP contribution in [0.5, 0.6) is 0 Å². The van der Waals surface area contributed by atoms with Gasteiger partial charge in [-0.15, -0.1) is 10.2 Å². The highest BCUT2D eigenvalue weighted by atomic mass is 15.3. The Morgan fingerprint density at radius 2 is 1.73 bits per heavy atom. The molecule has 1 aromatic heterocycles. The van der Waals surface area contributed by atoms with Crippen LogP contribution >= 0.6 is 0 Å². The summed E-state index contributed by atoms with van der Waals surface area (Å²) in [6.07, 6.45) is 1.73. The molecule has 0 saturated carbocycles. The number of benzene rings is 1. The molecule has 0 radical (unpaired) electrons. The number of aromatic nitrogens is 3. The number of hydrogen-bond donors (Lipinski definition) is 0. The minimum Gasteiger partial charge on any atom is -0.346 e. The lowest BCUT2D eigenvalue weighted by Gasteiger charge is -2.08. The standard InChI is InChI=1S/C11H12N4/c1-15(2)11-12-8-10(13-14-11)9-6-4-3-5-7-9/h3-8H,1-2H3. The fourth-order valence-corrected chi connectivity index (χ4v) is 1.22. The summed E-state index contributed by atoms with van der Waals surface area (Å²) in [7, 11) is 3.78. The van der Waals surface area contributed by atoms with Gasteiger partial charge in [-0.25, -0.2) is 4.98 Å². The van der Waals surface area contributed by atoms with Gasteiger partial charge < -0.3 is 4.90 Å². The Labute approximate surface area is 88.6 Å². The number of nitrogens with zero attached hydrogens (tertiary/aromatic N) is 4. The normalized spacial score (nSPS) is 10.0. The summed E-state index contributed by atoms with van der Waals surface area (Å²) >= 11 is 0. The van der Waals surface area contributed by atoms with Crippen LogP contribution in [0.15, 0.2) is 36.5 Å². The van der Waals surface area contributed by atoms with Crippen molar-refractivity contribution in [2.24, 2.45) is 0 Å². The van der Waals surface area contributed by atoms with E-state index in [1.54, 1.807) is 6.20 Å². The Balaban J connectivity index is 2.32. The average molecular weight is 200 g/mol. The molecule has 4 heteroatoms. The van der Waals surface area contributed by atoms with Crippen LogP contribution in [0.2, 0.25) is 0 Å². The molecule has 0 spiro atoms. The third-order valence-electron chi connectivity index (χ3n) is 2.02. The third-order valence-corrected chi connectivity index (χ3v) is 2.02. The summed E-state index contributed by atoms with van der Waals surface area (Å²) in [5.74, 6) is 0.620. The highest BCUT2D eigenvalue weighted by Crippen LogP contribution is 2.14. The molecule has 0 unspecified atom stereocenters. The van der Waals surface area contributed by atoms with Crippen molar-refractivity contribution in [3.05, 3.63) is 36.5 Å². The van der Waals surface area contributed by atoms with Crippen LogP contribution in [0.4, 0.5) is 5.95 Å². The van der Waals surface area contributed by atoms with Gasteiger partial charge in [0.2, 0.25) is 5.95 Å². The van der Waals surface area contributed by atoms with E-state index in [9.17, 15) is 0 Å². The minimum absolute atomic E-state index is 0.620. The summed E-state index contributed by atoms with van der Waals surface area (Å²) in [6, 6.07) is 9.88. The lowest BCUT2D eigenvalue weighted by atomic mass is 10.2. The number of rotatable bonds is 2. The van der Waals surface area contributed by atoms with E-state index in [1.165, 1.54) is 0 Å². The highest BCUT2D eigenvalue weighted by Gasteiger charge is 2.02. The van der Waals surface area contributed by atoms with Gasteiger partial charge >= 0.3 is 0 Å². The molecule has 76 valence electrons. The van der Waals surface area contributed by atoms with Crippen LogP contribution in [0, 0.1) is 0 Å². The van der Waals surface area contributed by atoms with Crippen molar-refractivity contribution < 1.29 is 0 Å². The summed E-state index contributed by atoms with van der Waals surface area (Å²) in [6.45, 7) is 0. The first-order valence-corrected chi connectivity index (χ1v) is 4.70. The van der Waals surface area contributed by atoms with Crippen molar-refractivity contribution in [1.29, 1.82) is 0 Å². The van der Waals surface area contributed by atoms with Gasteiger partial charge in [0.15, 0.2) is 0 Å². The summed E-state index contributed by atoms with van der Waals surface area (Å²) in [4.78, 5) is 6.03. The van der Waals surface area contributed by atoms with Crippen molar-refractivity contribution in [1.82, 2.24) is 15.2 Å². The number of hydrogen-bond acceptors (Lipinski definition) is 4. The summed E-state index contributed by atoms with van der Waals surface area (Å²) in [5.41, 5.74) is 1.82. The van der Waals surface area contributed by atoms with Crippen LogP contribution in [-0.4, -0.2) is 29.3 Å². The van der Waals surface area contributed by atoms with Crippen LogP contribution < -0.4 is 4.90 Å². The van der Waals surface area contributed by atoms with E-state index in [4.69, 9.17) is 0 Å². The predicted molar refractivity (Wildman–Crippen MR) is 59.6 cm³/mol. The van der Waals surface area contributed by atoms with E-state index in [1.807, 2.05) is 49.3 Å². The monoisotopic (exact) mass is 200 g/mol. The topological polar surface area (TPSA) is 41.9 Å². The first-order chi connectivity index (χ1) is 7.27. The smallest absolute Gasteiger partial charge is 0.244 e. The summed E-state index contributed by atoms with van der Waals surface area (Å²) < 4.78 is 0. The lowest BCUT2D eigenvalue weighted by molar-refractivity contribution is 0.912. The van der Waals surface area contributed by atoms with Crippen LogP contribution in [0.3, 0.4) is 0 Å². The van der Waals surface area contributed by atoms with E-state index in [0.717, 1.165) is 11.3 Å². The van der Waals surface area contributed by atoms with Gasteiger partial charge in [-0.1, -0.05) is 30.3 Å². The Kier molecular flexibility index (Phi) is 2.58. The van der Waals surface area contributed by atoms with Gasteiger partial charge in [0.25, 0.3) is 0 Å². The lowest BCUT2D eigenvalue weighted by Crippen LogP contribution is -2.13.